The molecular formula is C14H14Cl2N2O2. The Balaban J connectivity index is 0.00000200. The van der Waals surface area contributed by atoms with Gasteiger partial charge in [-0.05, 0) is 30.3 Å². The second-order valence-corrected chi connectivity index (χ2v) is 4.62. The summed E-state index contributed by atoms with van der Waals surface area (Å²) < 4.78 is 1.62. The van der Waals surface area contributed by atoms with Gasteiger partial charge in [-0.1, -0.05) is 11.6 Å². The van der Waals surface area contributed by atoms with Crippen molar-refractivity contribution in [1.29, 1.82) is 0 Å². The summed E-state index contributed by atoms with van der Waals surface area (Å²) in [5.74, 6) is -0.346. The van der Waals surface area contributed by atoms with Crippen molar-refractivity contribution in [2.75, 3.05) is 6.54 Å². The number of aryl methyl sites for hydroxylation is 1. The van der Waals surface area contributed by atoms with Crippen LogP contribution in [0.15, 0.2) is 36.5 Å². The molecule has 0 amide bonds. The molecule has 0 atom stereocenters. The maximum absolute atomic E-state index is 12.3. The van der Waals surface area contributed by atoms with E-state index in [9.17, 15) is 9.59 Å². The maximum atomic E-state index is 12.3. The lowest BCUT2D eigenvalue weighted by Crippen LogP contribution is -2.12. The number of rotatable bonds is 4. The molecule has 0 aliphatic rings. The number of nitrogens with zero attached hydrogens (tertiary/aromatic N) is 1. The summed E-state index contributed by atoms with van der Waals surface area (Å²) in [5.41, 5.74) is 6.72. The van der Waals surface area contributed by atoms with Gasteiger partial charge in [-0.3, -0.25) is 9.59 Å². The zero-order valence-corrected chi connectivity index (χ0v) is 12.4. The first-order valence-electron chi connectivity index (χ1n) is 5.73. The minimum absolute atomic E-state index is 0. The second kappa shape index (κ2) is 6.70. The van der Waals surface area contributed by atoms with Crippen LogP contribution in [0.4, 0.5) is 0 Å². The molecule has 0 radical (unpaired) electrons. The summed E-state index contributed by atoms with van der Waals surface area (Å²) in [6.45, 7) is -0.0708. The number of carbonyl (C=O) groups is 2. The molecule has 4 nitrogen and oxygen atoms in total. The summed E-state index contributed by atoms with van der Waals surface area (Å²) in [5, 5.41) is 0.572. The van der Waals surface area contributed by atoms with Gasteiger partial charge in [0.25, 0.3) is 0 Å². The van der Waals surface area contributed by atoms with Gasteiger partial charge in [-0.2, -0.15) is 0 Å². The Bertz CT molecular complexity index is 633. The molecule has 0 aliphatic carbocycles. The summed E-state index contributed by atoms with van der Waals surface area (Å²) in [7, 11) is 1.72. The van der Waals surface area contributed by atoms with Gasteiger partial charge in [0.05, 0.1) is 12.2 Å². The number of benzene rings is 1. The van der Waals surface area contributed by atoms with Crippen LogP contribution in [0, 0.1) is 0 Å². The Kier molecular flexibility index (Phi) is 5.51. The molecule has 1 aromatic carbocycles. The molecule has 2 aromatic rings. The summed E-state index contributed by atoms with van der Waals surface area (Å²) in [6.07, 6.45) is 1.61. The third-order valence-electron chi connectivity index (χ3n) is 2.85. The molecule has 0 bridgehead atoms. The Morgan fingerprint density at radius 2 is 1.80 bits per heavy atom. The molecule has 0 saturated carbocycles. The summed E-state index contributed by atoms with van der Waals surface area (Å²) in [4.78, 5) is 23.8. The van der Waals surface area contributed by atoms with Gasteiger partial charge in [-0.25, -0.2) is 0 Å². The first-order chi connectivity index (χ1) is 9.02. The standard InChI is InChI=1S/C14H13ClN2O2.ClH/c1-17-8-10(13(18)7-16)6-12(17)14(19)9-2-4-11(15)5-3-9;/h2-6,8H,7,16H2,1H3;1H. The van der Waals surface area contributed by atoms with Gasteiger partial charge in [0, 0.05) is 29.4 Å². The predicted octanol–water partition coefficient (Wildman–Crippen LogP) is 2.47. The van der Waals surface area contributed by atoms with Crippen LogP contribution in [0.1, 0.15) is 26.4 Å². The van der Waals surface area contributed by atoms with Crippen molar-refractivity contribution in [2.24, 2.45) is 12.8 Å². The highest BCUT2D eigenvalue weighted by atomic mass is 35.5. The molecular weight excluding hydrogens is 299 g/mol. The molecule has 106 valence electrons. The highest BCUT2D eigenvalue weighted by molar-refractivity contribution is 6.30. The van der Waals surface area contributed by atoms with E-state index in [2.05, 4.69) is 0 Å². The first kappa shape index (κ1) is 16.4. The largest absolute Gasteiger partial charge is 0.347 e. The smallest absolute Gasteiger partial charge is 0.209 e. The number of halogens is 2. The maximum Gasteiger partial charge on any atom is 0.209 e. The molecule has 0 unspecified atom stereocenters. The van der Waals surface area contributed by atoms with Crippen molar-refractivity contribution in [3.8, 4) is 0 Å². The van der Waals surface area contributed by atoms with Crippen molar-refractivity contribution in [3.63, 3.8) is 0 Å². The fraction of sp³-hybridized carbons (Fsp3) is 0.143. The predicted molar refractivity (Wildman–Crippen MR) is 80.9 cm³/mol. The quantitative estimate of drug-likeness (QED) is 0.882. The van der Waals surface area contributed by atoms with Gasteiger partial charge < -0.3 is 10.3 Å². The molecule has 6 heteroatoms. The van der Waals surface area contributed by atoms with Crippen LogP contribution >= 0.6 is 24.0 Å². The lowest BCUT2D eigenvalue weighted by molar-refractivity contribution is 0.100. The van der Waals surface area contributed by atoms with Gasteiger partial charge in [0.2, 0.25) is 5.78 Å². The van der Waals surface area contributed by atoms with Gasteiger partial charge in [0.15, 0.2) is 5.78 Å². The molecule has 2 N–H and O–H groups in total. The Hall–Kier alpha value is -1.62. The summed E-state index contributed by atoms with van der Waals surface area (Å²) >= 11 is 5.78. The minimum atomic E-state index is -0.189. The van der Waals surface area contributed by atoms with Gasteiger partial charge in [0.1, 0.15) is 0 Å². The number of ketones is 2. The highest BCUT2D eigenvalue weighted by Gasteiger charge is 2.16. The molecule has 0 aliphatic heterocycles. The molecule has 0 saturated heterocycles. The molecule has 1 aromatic heterocycles. The molecule has 1 heterocycles. The van der Waals surface area contributed by atoms with E-state index in [1.165, 1.54) is 0 Å². The second-order valence-electron chi connectivity index (χ2n) is 4.19. The average molecular weight is 313 g/mol. The van der Waals surface area contributed by atoms with Crippen LogP contribution in [0.3, 0.4) is 0 Å². The lowest BCUT2D eigenvalue weighted by Gasteiger charge is -2.02. The van der Waals surface area contributed by atoms with Crippen molar-refractivity contribution < 1.29 is 9.59 Å². The van der Waals surface area contributed by atoms with Crippen molar-refractivity contribution in [2.45, 2.75) is 0 Å². The topological polar surface area (TPSA) is 65.1 Å². The van der Waals surface area contributed by atoms with Crippen LogP contribution in [0.2, 0.25) is 5.02 Å². The molecule has 0 spiro atoms. The number of carbonyl (C=O) groups excluding carboxylic acids is 2. The SMILES string of the molecule is Cl.Cn1cc(C(=O)CN)cc1C(=O)c1ccc(Cl)cc1. The Morgan fingerprint density at radius 1 is 1.20 bits per heavy atom. The van der Waals surface area contributed by atoms with Crippen molar-refractivity contribution in [1.82, 2.24) is 4.57 Å². The minimum Gasteiger partial charge on any atom is -0.347 e. The molecule has 20 heavy (non-hydrogen) atoms. The van der Waals surface area contributed by atoms with E-state index >= 15 is 0 Å². The fourth-order valence-electron chi connectivity index (χ4n) is 1.81. The molecule has 0 fully saturated rings. The van der Waals surface area contributed by atoms with Crippen molar-refractivity contribution >= 4 is 35.6 Å². The Labute approximate surface area is 127 Å². The van der Waals surface area contributed by atoms with E-state index in [1.54, 1.807) is 48.1 Å². The van der Waals surface area contributed by atoms with E-state index in [4.69, 9.17) is 17.3 Å². The van der Waals surface area contributed by atoms with E-state index < -0.39 is 0 Å². The fourth-order valence-corrected chi connectivity index (χ4v) is 1.94. The zero-order chi connectivity index (χ0) is 14.0. The van der Waals surface area contributed by atoms with Crippen LogP contribution in [0.25, 0.3) is 0 Å². The van der Waals surface area contributed by atoms with Crippen LogP contribution in [-0.2, 0) is 7.05 Å². The Morgan fingerprint density at radius 3 is 2.35 bits per heavy atom. The van der Waals surface area contributed by atoms with E-state index in [0.29, 0.717) is 21.8 Å². The third-order valence-corrected chi connectivity index (χ3v) is 3.10. The average Bonchev–Trinajstić information content (AvgIpc) is 2.80. The van der Waals surface area contributed by atoms with Crippen molar-refractivity contribution in [3.05, 3.63) is 58.4 Å². The number of hydrogen-bond acceptors (Lipinski definition) is 3. The summed E-state index contributed by atoms with van der Waals surface area (Å²) in [6, 6.07) is 8.18. The van der Waals surface area contributed by atoms with E-state index in [0.717, 1.165) is 0 Å². The van der Waals surface area contributed by atoms with E-state index in [-0.39, 0.29) is 30.5 Å². The van der Waals surface area contributed by atoms with Gasteiger partial charge in [-0.15, -0.1) is 12.4 Å². The third kappa shape index (κ3) is 3.28. The van der Waals surface area contributed by atoms with Crippen LogP contribution in [0.5, 0.6) is 0 Å². The van der Waals surface area contributed by atoms with Crippen LogP contribution < -0.4 is 5.73 Å². The lowest BCUT2D eigenvalue weighted by atomic mass is 10.1. The number of aromatic nitrogens is 1. The van der Waals surface area contributed by atoms with E-state index in [1.807, 2.05) is 0 Å². The van der Waals surface area contributed by atoms with Gasteiger partial charge >= 0.3 is 0 Å². The molecule has 2 rings (SSSR count). The number of hydrogen-bond donors (Lipinski definition) is 1. The normalized spacial score (nSPS) is 9.95. The number of Topliss-reactive ketones (excluding diaryl/α,β-unsaturated/α-hetero) is 1. The first-order valence-corrected chi connectivity index (χ1v) is 6.10. The van der Waals surface area contributed by atoms with Crippen LogP contribution in [-0.4, -0.2) is 22.7 Å². The number of nitrogens with two attached hydrogens (primary N) is 1. The zero-order valence-electron chi connectivity index (χ0n) is 10.8. The highest BCUT2D eigenvalue weighted by Crippen LogP contribution is 2.16. The monoisotopic (exact) mass is 312 g/mol.